The highest BCUT2D eigenvalue weighted by Crippen LogP contribution is 2.22. The molecular formula is C18H15FIN3O2. The fourth-order valence-corrected chi connectivity index (χ4v) is 3.50. The number of benzene rings is 2. The van der Waals surface area contributed by atoms with E-state index in [9.17, 15) is 14.0 Å². The number of alkyl halides is 1. The molecule has 0 bridgehead atoms. The maximum absolute atomic E-state index is 13.4. The van der Waals surface area contributed by atoms with Crippen LogP contribution in [-0.2, 0) is 4.79 Å². The number of nitrogens with zero attached hydrogens (tertiary/aromatic N) is 2. The number of hydrogen-bond acceptors (Lipinski definition) is 3. The molecule has 1 aliphatic rings. The van der Waals surface area contributed by atoms with Crippen LogP contribution in [0.1, 0.15) is 16.8 Å². The van der Waals surface area contributed by atoms with Crippen molar-refractivity contribution in [3.05, 3.63) is 45.5 Å². The van der Waals surface area contributed by atoms with Crippen molar-refractivity contribution < 1.29 is 14.0 Å². The van der Waals surface area contributed by atoms with Crippen LogP contribution in [0.25, 0.3) is 10.8 Å². The van der Waals surface area contributed by atoms with Gasteiger partial charge in [0.15, 0.2) is 0 Å². The molecule has 1 N–H and O–H groups in total. The number of hydrogen-bond donors (Lipinski definition) is 1. The minimum absolute atomic E-state index is 0.0259. The molecule has 0 aliphatic carbocycles. The molecule has 1 fully saturated rings. The lowest BCUT2D eigenvalue weighted by molar-refractivity contribution is -0.130. The third-order valence-corrected chi connectivity index (χ3v) is 4.88. The van der Waals surface area contributed by atoms with Crippen molar-refractivity contribution >= 4 is 45.2 Å². The summed E-state index contributed by atoms with van der Waals surface area (Å²) in [5.41, 5.74) is 0.475. The normalized spacial score (nSPS) is 19.6. The van der Waals surface area contributed by atoms with E-state index in [0.717, 1.165) is 14.3 Å². The Morgan fingerprint density at radius 3 is 2.92 bits per heavy atom. The van der Waals surface area contributed by atoms with Gasteiger partial charge in [-0.3, -0.25) is 9.59 Å². The van der Waals surface area contributed by atoms with E-state index in [1.807, 2.05) is 30.3 Å². The van der Waals surface area contributed by atoms with Crippen LogP contribution in [0.5, 0.6) is 0 Å². The molecule has 2 aromatic carbocycles. The van der Waals surface area contributed by atoms with E-state index in [-0.39, 0.29) is 25.4 Å². The molecule has 0 aromatic heterocycles. The molecule has 5 nitrogen and oxygen atoms in total. The zero-order valence-corrected chi connectivity index (χ0v) is 15.4. The van der Waals surface area contributed by atoms with Crippen LogP contribution in [-0.4, -0.2) is 42.0 Å². The highest BCUT2D eigenvalue weighted by atomic mass is 127. The average molecular weight is 451 g/mol. The number of rotatable bonds is 3. The standard InChI is InChI=1S/C18H15FIN3O2/c19-12-7-14(8-21)23(10-12)17(24)9-22-18(25)16-3-1-2-11-6-13(20)4-5-15(11)16/h1-6,12,14H,7,9-10H2,(H,22,25)/t12?,14-/m0/s1. The third-order valence-electron chi connectivity index (χ3n) is 4.21. The molecule has 25 heavy (non-hydrogen) atoms. The second-order valence-corrected chi connectivity index (χ2v) is 7.12. The summed E-state index contributed by atoms with van der Waals surface area (Å²) in [7, 11) is 0. The average Bonchev–Trinajstić information content (AvgIpc) is 2.99. The Morgan fingerprint density at radius 2 is 2.16 bits per heavy atom. The number of amides is 2. The molecule has 2 amide bonds. The molecule has 128 valence electrons. The predicted octanol–water partition coefficient (Wildman–Crippen LogP) is 2.64. The van der Waals surface area contributed by atoms with Gasteiger partial charge in [0, 0.05) is 15.6 Å². The largest absolute Gasteiger partial charge is 0.343 e. The van der Waals surface area contributed by atoms with Crippen molar-refractivity contribution in [1.29, 1.82) is 5.26 Å². The molecule has 1 heterocycles. The van der Waals surface area contributed by atoms with Gasteiger partial charge in [0.1, 0.15) is 12.2 Å². The maximum Gasteiger partial charge on any atom is 0.252 e. The van der Waals surface area contributed by atoms with Crippen molar-refractivity contribution in [2.75, 3.05) is 13.1 Å². The first-order chi connectivity index (χ1) is 12.0. The van der Waals surface area contributed by atoms with Crippen LogP contribution in [0.3, 0.4) is 0 Å². The lowest BCUT2D eigenvalue weighted by Crippen LogP contribution is -2.42. The SMILES string of the molecule is N#C[C@@H]1CC(F)CN1C(=O)CNC(=O)c1cccc2cc(I)ccc12. The van der Waals surface area contributed by atoms with E-state index < -0.39 is 18.1 Å². The van der Waals surface area contributed by atoms with Crippen LogP contribution in [0, 0.1) is 14.9 Å². The summed E-state index contributed by atoms with van der Waals surface area (Å²) in [5, 5.41) is 13.3. The fraction of sp³-hybridized carbons (Fsp3) is 0.278. The molecule has 0 radical (unpaired) electrons. The Hall–Kier alpha value is -2.21. The van der Waals surface area contributed by atoms with Crippen LogP contribution < -0.4 is 5.32 Å². The molecule has 2 atom stereocenters. The molecule has 1 aliphatic heterocycles. The smallest absolute Gasteiger partial charge is 0.252 e. The Kier molecular flexibility index (Phi) is 5.18. The van der Waals surface area contributed by atoms with Crippen LogP contribution in [0.2, 0.25) is 0 Å². The van der Waals surface area contributed by atoms with Gasteiger partial charge in [-0.1, -0.05) is 18.2 Å². The number of likely N-dealkylation sites (tertiary alicyclic amines) is 1. The van der Waals surface area contributed by atoms with Crippen molar-refractivity contribution in [1.82, 2.24) is 10.2 Å². The molecule has 7 heteroatoms. The van der Waals surface area contributed by atoms with Crippen molar-refractivity contribution in [2.45, 2.75) is 18.6 Å². The number of carbonyl (C=O) groups is 2. The molecule has 0 saturated carbocycles. The molecule has 2 aromatic rings. The van der Waals surface area contributed by atoms with Crippen molar-refractivity contribution in [3.8, 4) is 6.07 Å². The molecule has 3 rings (SSSR count). The summed E-state index contributed by atoms with van der Waals surface area (Å²) < 4.78 is 14.5. The molecule has 1 unspecified atom stereocenters. The summed E-state index contributed by atoms with van der Waals surface area (Å²) >= 11 is 2.20. The van der Waals surface area contributed by atoms with E-state index in [2.05, 4.69) is 27.9 Å². The Balaban J connectivity index is 1.71. The predicted molar refractivity (Wildman–Crippen MR) is 99.6 cm³/mol. The van der Waals surface area contributed by atoms with Gasteiger partial charge in [0.05, 0.1) is 19.2 Å². The molecular weight excluding hydrogens is 436 g/mol. The van der Waals surface area contributed by atoms with Gasteiger partial charge >= 0.3 is 0 Å². The fourth-order valence-electron chi connectivity index (χ4n) is 2.99. The van der Waals surface area contributed by atoms with E-state index in [4.69, 9.17) is 5.26 Å². The van der Waals surface area contributed by atoms with E-state index in [1.165, 1.54) is 4.90 Å². The second-order valence-electron chi connectivity index (χ2n) is 5.88. The monoisotopic (exact) mass is 451 g/mol. The van der Waals surface area contributed by atoms with Crippen molar-refractivity contribution in [3.63, 3.8) is 0 Å². The second kappa shape index (κ2) is 7.35. The van der Waals surface area contributed by atoms with E-state index in [0.29, 0.717) is 5.56 Å². The number of halogens is 2. The van der Waals surface area contributed by atoms with Gasteiger partial charge < -0.3 is 10.2 Å². The summed E-state index contributed by atoms with van der Waals surface area (Å²) in [6.45, 7) is -0.357. The quantitative estimate of drug-likeness (QED) is 0.730. The number of fused-ring (bicyclic) bond motifs is 1. The maximum atomic E-state index is 13.4. The van der Waals surface area contributed by atoms with E-state index >= 15 is 0 Å². The lowest BCUT2D eigenvalue weighted by Gasteiger charge is -2.19. The van der Waals surface area contributed by atoms with Gasteiger partial charge in [-0.2, -0.15) is 5.26 Å². The summed E-state index contributed by atoms with van der Waals surface area (Å²) in [6, 6.07) is 12.3. The minimum atomic E-state index is -1.19. The van der Waals surface area contributed by atoms with Crippen LogP contribution >= 0.6 is 22.6 Å². The highest BCUT2D eigenvalue weighted by Gasteiger charge is 2.35. The number of carbonyl (C=O) groups excluding carboxylic acids is 2. The van der Waals surface area contributed by atoms with Gasteiger partial charge in [-0.25, -0.2) is 4.39 Å². The van der Waals surface area contributed by atoms with E-state index in [1.54, 1.807) is 12.1 Å². The van der Waals surface area contributed by atoms with Gasteiger partial charge in [0.2, 0.25) is 5.91 Å². The highest BCUT2D eigenvalue weighted by molar-refractivity contribution is 14.1. The lowest BCUT2D eigenvalue weighted by atomic mass is 10.0. The Bertz CT molecular complexity index is 880. The first-order valence-corrected chi connectivity index (χ1v) is 8.87. The molecule has 1 saturated heterocycles. The zero-order chi connectivity index (χ0) is 18.0. The van der Waals surface area contributed by atoms with Crippen LogP contribution in [0.4, 0.5) is 4.39 Å². The van der Waals surface area contributed by atoms with Crippen molar-refractivity contribution in [2.24, 2.45) is 0 Å². The number of nitrogens with one attached hydrogen (secondary N) is 1. The minimum Gasteiger partial charge on any atom is -0.343 e. The summed E-state index contributed by atoms with van der Waals surface area (Å²) in [5.74, 6) is -0.820. The first-order valence-electron chi connectivity index (χ1n) is 7.79. The van der Waals surface area contributed by atoms with Gasteiger partial charge in [0.25, 0.3) is 5.91 Å². The van der Waals surface area contributed by atoms with Gasteiger partial charge in [-0.15, -0.1) is 0 Å². The first kappa shape index (κ1) is 17.6. The summed E-state index contributed by atoms with van der Waals surface area (Å²) in [4.78, 5) is 25.8. The molecule has 0 spiro atoms. The third kappa shape index (κ3) is 3.74. The topological polar surface area (TPSA) is 73.2 Å². The van der Waals surface area contributed by atoms with Crippen LogP contribution in [0.15, 0.2) is 36.4 Å². The zero-order valence-electron chi connectivity index (χ0n) is 13.2. The Labute approximate surface area is 157 Å². The van der Waals surface area contributed by atoms with Gasteiger partial charge in [-0.05, 0) is 51.6 Å². The summed E-state index contributed by atoms with van der Waals surface area (Å²) in [6.07, 6.45) is -1.16. The Morgan fingerprint density at radius 1 is 1.36 bits per heavy atom. The number of nitriles is 1.